The van der Waals surface area contributed by atoms with E-state index in [1.54, 1.807) is 16.8 Å². The number of imidazole rings is 1. The van der Waals surface area contributed by atoms with Gasteiger partial charge in [-0.15, -0.1) is 5.92 Å². The van der Waals surface area contributed by atoms with Gasteiger partial charge in [0.25, 0.3) is 5.56 Å². The van der Waals surface area contributed by atoms with Crippen LogP contribution in [0.5, 0.6) is 11.8 Å². The molecule has 4 rings (SSSR count). The van der Waals surface area contributed by atoms with Crippen LogP contribution in [0.3, 0.4) is 0 Å². The minimum absolute atomic E-state index is 0.0450. The van der Waals surface area contributed by atoms with E-state index in [2.05, 4.69) is 27.1 Å². The van der Waals surface area contributed by atoms with Crippen molar-refractivity contribution in [2.75, 3.05) is 36.4 Å². The number of halogens is 3. The number of rotatable bonds is 6. The molecule has 0 aliphatic carbocycles. The van der Waals surface area contributed by atoms with Crippen LogP contribution in [-0.4, -0.2) is 63.1 Å². The van der Waals surface area contributed by atoms with Gasteiger partial charge in [-0.1, -0.05) is 5.92 Å². The summed E-state index contributed by atoms with van der Waals surface area (Å²) in [6, 6.07) is 3.30. The van der Waals surface area contributed by atoms with Gasteiger partial charge in [0, 0.05) is 38.8 Å². The highest BCUT2D eigenvalue weighted by Gasteiger charge is 2.39. The van der Waals surface area contributed by atoms with E-state index in [-0.39, 0.29) is 35.0 Å². The second-order valence-electron chi connectivity index (χ2n) is 8.41. The molecule has 0 spiro atoms. The van der Waals surface area contributed by atoms with Crippen molar-refractivity contribution >= 4 is 34.5 Å². The molecule has 38 heavy (non-hydrogen) atoms. The summed E-state index contributed by atoms with van der Waals surface area (Å²) in [5.74, 6) is 3.30. The summed E-state index contributed by atoms with van der Waals surface area (Å²) in [6.07, 6.45) is -5.18. The van der Waals surface area contributed by atoms with Crippen LogP contribution in [0.25, 0.3) is 11.2 Å². The van der Waals surface area contributed by atoms with Crippen molar-refractivity contribution < 1.29 is 27.5 Å². The predicted octanol–water partition coefficient (Wildman–Crippen LogP) is 2.06. The second kappa shape index (κ2) is 10.5. The van der Waals surface area contributed by atoms with Crippen molar-refractivity contribution in [2.24, 2.45) is 7.05 Å². The fourth-order valence-corrected chi connectivity index (χ4v) is 3.86. The molecule has 2 N–H and O–H groups in total. The van der Waals surface area contributed by atoms with Gasteiger partial charge in [0.15, 0.2) is 22.7 Å². The van der Waals surface area contributed by atoms with Gasteiger partial charge in [-0.3, -0.25) is 23.5 Å². The van der Waals surface area contributed by atoms with Crippen LogP contribution in [0.2, 0.25) is 0 Å². The van der Waals surface area contributed by atoms with Crippen LogP contribution in [0.1, 0.15) is 24.2 Å². The molecule has 0 atom stereocenters. The van der Waals surface area contributed by atoms with Crippen LogP contribution in [0.15, 0.2) is 23.0 Å². The molecular weight excluding hydrogens is 507 g/mol. The number of carbonyl (C=O) groups is 2. The van der Waals surface area contributed by atoms with Gasteiger partial charge in [-0.2, -0.15) is 23.1 Å². The first-order valence-corrected chi connectivity index (χ1v) is 11.5. The zero-order chi connectivity index (χ0) is 27.6. The molecule has 1 fully saturated rings. The van der Waals surface area contributed by atoms with E-state index >= 15 is 0 Å². The summed E-state index contributed by atoms with van der Waals surface area (Å²) < 4.78 is 47.2. The van der Waals surface area contributed by atoms with Gasteiger partial charge in [0.05, 0.1) is 12.2 Å². The summed E-state index contributed by atoms with van der Waals surface area (Å²) in [4.78, 5) is 47.7. The van der Waals surface area contributed by atoms with Crippen LogP contribution < -0.4 is 25.8 Å². The molecule has 1 aliphatic rings. The van der Waals surface area contributed by atoms with Crippen molar-refractivity contribution in [1.29, 1.82) is 0 Å². The lowest BCUT2D eigenvalue weighted by Gasteiger charge is -2.28. The number of ketones is 1. The number of piperazine rings is 1. The minimum Gasteiger partial charge on any atom is -0.423 e. The molecule has 1 aliphatic heterocycles. The highest BCUT2D eigenvalue weighted by atomic mass is 19.4. The van der Waals surface area contributed by atoms with Crippen molar-refractivity contribution in [3.63, 3.8) is 0 Å². The normalized spacial score (nSPS) is 13.7. The Hall–Kier alpha value is -4.38. The van der Waals surface area contributed by atoms with Gasteiger partial charge in [0.1, 0.15) is 0 Å². The fraction of sp³-hybridized carbons (Fsp3) is 0.375. The maximum atomic E-state index is 13.4. The number of anilines is 2. The number of aromatic nitrogens is 4. The third-order valence-electron chi connectivity index (χ3n) is 5.83. The zero-order valence-electron chi connectivity index (χ0n) is 20.8. The van der Waals surface area contributed by atoms with Crippen molar-refractivity contribution in [1.82, 2.24) is 24.4 Å². The van der Waals surface area contributed by atoms with E-state index in [0.717, 1.165) is 23.7 Å². The lowest BCUT2D eigenvalue weighted by Crippen LogP contribution is -2.44. The number of fused-ring (bicyclic) bond motifs is 1. The summed E-state index contributed by atoms with van der Waals surface area (Å²) in [6.45, 7) is 5.85. The lowest BCUT2D eigenvalue weighted by atomic mass is 10.1. The number of carbonyl (C=O) groups excluding carboxylic acids is 2. The number of nitrogens with one attached hydrogen (secondary N) is 2. The molecule has 14 heteroatoms. The van der Waals surface area contributed by atoms with Crippen LogP contribution in [0, 0.1) is 11.8 Å². The molecule has 1 saturated heterocycles. The quantitative estimate of drug-likeness (QED) is 0.366. The number of alkyl halides is 3. The van der Waals surface area contributed by atoms with Crippen molar-refractivity contribution in [3.05, 3.63) is 34.1 Å². The monoisotopic (exact) mass is 531 g/mol. The minimum atomic E-state index is -5.18. The molecule has 200 valence electrons. The molecule has 0 unspecified atom stereocenters. The van der Waals surface area contributed by atoms with E-state index in [1.807, 2.05) is 4.90 Å². The number of benzene rings is 1. The Balaban J connectivity index is 1.81. The standard InChI is InChI=1S/C24H24F3N7O4/c1-4-5-10-34-18-19(30-22(34)33-11-8-28-9-12-33)31-23(32(3)20(18)36)38-17-7-6-15(14(2)35)13-16(17)29-21(37)24(25,26)27/h6-7,13,28H,8-12H2,1-3H3,(H,29,37). The number of amides is 1. The van der Waals surface area contributed by atoms with Gasteiger partial charge in [0.2, 0.25) is 5.95 Å². The van der Waals surface area contributed by atoms with Gasteiger partial charge < -0.3 is 20.3 Å². The highest BCUT2D eigenvalue weighted by Crippen LogP contribution is 2.32. The largest absolute Gasteiger partial charge is 0.471 e. The SMILES string of the molecule is CC#CCn1c(N2CCNCC2)nc2nc(Oc3ccc(C(C)=O)cc3NC(=O)C(F)(F)F)n(C)c(=O)c21. The van der Waals surface area contributed by atoms with Gasteiger partial charge in [-0.25, -0.2) is 0 Å². The van der Waals surface area contributed by atoms with Crippen LogP contribution in [-0.2, 0) is 18.4 Å². The number of Topliss-reactive ketones (excluding diaryl/α,β-unsaturated/α-hetero) is 1. The average molecular weight is 531 g/mol. The average Bonchev–Trinajstić information content (AvgIpc) is 3.24. The Morgan fingerprint density at radius 3 is 2.55 bits per heavy atom. The maximum absolute atomic E-state index is 13.4. The summed E-state index contributed by atoms with van der Waals surface area (Å²) >= 11 is 0. The Kier molecular flexibility index (Phi) is 7.40. The molecular formula is C24H24F3N7O4. The van der Waals surface area contributed by atoms with E-state index in [1.165, 1.54) is 26.1 Å². The van der Waals surface area contributed by atoms with Gasteiger partial charge in [-0.05, 0) is 32.0 Å². The number of hydrogen-bond acceptors (Lipinski definition) is 8. The third-order valence-corrected chi connectivity index (χ3v) is 5.83. The van der Waals surface area contributed by atoms with Crippen molar-refractivity contribution in [2.45, 2.75) is 26.6 Å². The fourth-order valence-electron chi connectivity index (χ4n) is 3.86. The van der Waals surface area contributed by atoms with Crippen molar-refractivity contribution in [3.8, 4) is 23.6 Å². The summed E-state index contributed by atoms with van der Waals surface area (Å²) in [5, 5.41) is 4.96. The van der Waals surface area contributed by atoms with Crippen LogP contribution in [0.4, 0.5) is 24.8 Å². The first kappa shape index (κ1) is 26.7. The zero-order valence-corrected chi connectivity index (χ0v) is 20.8. The molecule has 3 heterocycles. The number of ether oxygens (including phenoxy) is 1. The maximum Gasteiger partial charge on any atom is 0.471 e. The first-order chi connectivity index (χ1) is 18.0. The van der Waals surface area contributed by atoms with Gasteiger partial charge >= 0.3 is 18.1 Å². The van der Waals surface area contributed by atoms with Crippen LogP contribution >= 0.6 is 0 Å². The summed E-state index contributed by atoms with van der Waals surface area (Å²) in [5.41, 5.74) is -0.634. The molecule has 0 radical (unpaired) electrons. The molecule has 0 saturated carbocycles. The van der Waals surface area contributed by atoms with E-state index in [4.69, 9.17) is 4.74 Å². The molecule has 3 aromatic rings. The van der Waals surface area contributed by atoms with E-state index in [0.29, 0.717) is 19.0 Å². The summed E-state index contributed by atoms with van der Waals surface area (Å²) in [7, 11) is 1.38. The molecule has 11 nitrogen and oxygen atoms in total. The highest BCUT2D eigenvalue weighted by molar-refractivity contribution is 5.99. The molecule has 2 aromatic heterocycles. The second-order valence-corrected chi connectivity index (χ2v) is 8.41. The molecule has 0 bridgehead atoms. The Bertz CT molecular complexity index is 1530. The third kappa shape index (κ3) is 5.32. The molecule has 1 amide bonds. The first-order valence-electron chi connectivity index (χ1n) is 11.5. The topological polar surface area (TPSA) is 123 Å². The Morgan fingerprint density at radius 2 is 1.92 bits per heavy atom. The smallest absolute Gasteiger partial charge is 0.423 e. The Labute approximate surface area is 214 Å². The lowest BCUT2D eigenvalue weighted by molar-refractivity contribution is -0.167. The predicted molar refractivity (Wildman–Crippen MR) is 133 cm³/mol. The Morgan fingerprint density at radius 1 is 1.21 bits per heavy atom. The number of nitrogens with zero attached hydrogens (tertiary/aromatic N) is 5. The van der Waals surface area contributed by atoms with E-state index < -0.39 is 29.1 Å². The van der Waals surface area contributed by atoms with E-state index in [9.17, 15) is 27.6 Å². The number of hydrogen-bond donors (Lipinski definition) is 2. The molecule has 1 aromatic carbocycles.